The van der Waals surface area contributed by atoms with Gasteiger partial charge in [0.05, 0.1) is 6.20 Å². The van der Waals surface area contributed by atoms with Crippen molar-refractivity contribution >= 4 is 5.82 Å². The normalized spacial score (nSPS) is 41.0. The first-order valence-electron chi connectivity index (χ1n) is 7.11. The van der Waals surface area contributed by atoms with E-state index in [0.717, 1.165) is 23.5 Å². The highest BCUT2D eigenvalue weighted by atomic mass is 16.5. The van der Waals surface area contributed by atoms with Crippen molar-refractivity contribution in [3.8, 4) is 5.75 Å². The molecule has 96 valence electrons. The standard InChI is InChI=1S/C15H20N2O/c16-14-2-1-13(9-17-14)18-15-6-10-3-11(7-15)5-12(4-10)8-15/h1-2,9-12H,3-8H2,(H2,16,17). The fraction of sp³-hybridized carbons (Fsp3) is 0.667. The summed E-state index contributed by atoms with van der Waals surface area (Å²) in [6.45, 7) is 0. The number of pyridine rings is 1. The molecule has 0 aromatic carbocycles. The van der Waals surface area contributed by atoms with E-state index >= 15 is 0 Å². The van der Waals surface area contributed by atoms with Crippen LogP contribution < -0.4 is 10.5 Å². The summed E-state index contributed by atoms with van der Waals surface area (Å²) in [6, 6.07) is 3.79. The van der Waals surface area contributed by atoms with E-state index in [0.29, 0.717) is 5.82 Å². The lowest BCUT2D eigenvalue weighted by molar-refractivity contribution is -0.107. The monoisotopic (exact) mass is 244 g/mol. The number of ether oxygens (including phenoxy) is 1. The van der Waals surface area contributed by atoms with Crippen molar-refractivity contribution in [2.45, 2.75) is 44.1 Å². The van der Waals surface area contributed by atoms with Crippen LogP contribution in [-0.2, 0) is 0 Å². The van der Waals surface area contributed by atoms with Crippen LogP contribution in [0.25, 0.3) is 0 Å². The fourth-order valence-electron chi connectivity index (χ4n) is 4.86. The first-order valence-corrected chi connectivity index (χ1v) is 7.11. The Morgan fingerprint density at radius 1 is 1.06 bits per heavy atom. The van der Waals surface area contributed by atoms with Gasteiger partial charge in [-0.2, -0.15) is 0 Å². The molecule has 3 heteroatoms. The highest BCUT2D eigenvalue weighted by Crippen LogP contribution is 2.56. The van der Waals surface area contributed by atoms with Gasteiger partial charge in [-0.15, -0.1) is 0 Å². The molecule has 1 aromatic heterocycles. The molecule has 4 aliphatic rings. The van der Waals surface area contributed by atoms with Gasteiger partial charge in [-0.25, -0.2) is 4.98 Å². The second-order valence-corrected chi connectivity index (χ2v) is 6.62. The largest absolute Gasteiger partial charge is 0.486 e. The Hall–Kier alpha value is -1.25. The van der Waals surface area contributed by atoms with Crippen LogP contribution in [0.15, 0.2) is 18.3 Å². The van der Waals surface area contributed by atoms with E-state index in [1.807, 2.05) is 12.1 Å². The van der Waals surface area contributed by atoms with Crippen LogP contribution in [0.4, 0.5) is 5.82 Å². The molecule has 1 heterocycles. The Morgan fingerprint density at radius 3 is 2.17 bits per heavy atom. The first kappa shape index (κ1) is 10.7. The number of rotatable bonds is 2. The van der Waals surface area contributed by atoms with E-state index in [9.17, 15) is 0 Å². The molecule has 0 unspecified atom stereocenters. The summed E-state index contributed by atoms with van der Waals surface area (Å²) >= 11 is 0. The SMILES string of the molecule is Nc1ccc(OC23CC4CC(CC(C4)C2)C3)cn1. The lowest BCUT2D eigenvalue weighted by Gasteiger charge is -2.56. The molecule has 0 aliphatic heterocycles. The summed E-state index contributed by atoms with van der Waals surface area (Å²) in [5.74, 6) is 4.20. The second-order valence-electron chi connectivity index (χ2n) is 6.62. The van der Waals surface area contributed by atoms with Crippen molar-refractivity contribution < 1.29 is 4.74 Å². The quantitative estimate of drug-likeness (QED) is 0.870. The lowest BCUT2D eigenvalue weighted by atomic mass is 9.54. The number of anilines is 1. The molecular formula is C15H20N2O. The van der Waals surface area contributed by atoms with Gasteiger partial charge in [-0.1, -0.05) is 0 Å². The maximum absolute atomic E-state index is 6.35. The summed E-state index contributed by atoms with van der Waals surface area (Å²) < 4.78 is 6.35. The van der Waals surface area contributed by atoms with E-state index in [1.165, 1.54) is 38.5 Å². The number of hydrogen-bond donors (Lipinski definition) is 1. The minimum atomic E-state index is 0.118. The predicted octanol–water partition coefficient (Wildman–Crippen LogP) is 3.01. The summed E-state index contributed by atoms with van der Waals surface area (Å²) in [5, 5.41) is 0. The molecule has 3 nitrogen and oxygen atoms in total. The fourth-order valence-corrected chi connectivity index (χ4v) is 4.86. The highest BCUT2D eigenvalue weighted by Gasteiger charge is 2.52. The molecule has 4 fully saturated rings. The van der Waals surface area contributed by atoms with Gasteiger partial charge in [0.25, 0.3) is 0 Å². The predicted molar refractivity (Wildman–Crippen MR) is 70.2 cm³/mol. The van der Waals surface area contributed by atoms with Gasteiger partial charge in [0, 0.05) is 0 Å². The van der Waals surface area contributed by atoms with E-state index in [1.54, 1.807) is 6.20 Å². The second kappa shape index (κ2) is 3.62. The number of nitrogen functional groups attached to an aromatic ring is 1. The third-order valence-electron chi connectivity index (χ3n) is 5.08. The van der Waals surface area contributed by atoms with Crippen molar-refractivity contribution in [3.05, 3.63) is 18.3 Å². The van der Waals surface area contributed by atoms with Crippen molar-refractivity contribution in [3.63, 3.8) is 0 Å². The zero-order valence-electron chi connectivity index (χ0n) is 10.6. The molecule has 0 amide bonds. The molecule has 4 bridgehead atoms. The summed E-state index contributed by atoms with van der Waals surface area (Å²) in [7, 11) is 0. The van der Waals surface area contributed by atoms with Crippen LogP contribution in [0.3, 0.4) is 0 Å². The number of aromatic nitrogens is 1. The lowest BCUT2D eigenvalue weighted by Crippen LogP contribution is -2.53. The average molecular weight is 244 g/mol. The van der Waals surface area contributed by atoms with Crippen LogP contribution in [0.2, 0.25) is 0 Å². The van der Waals surface area contributed by atoms with Crippen LogP contribution in [0.5, 0.6) is 5.75 Å². The Morgan fingerprint density at radius 2 is 1.67 bits per heavy atom. The van der Waals surface area contributed by atoms with Gasteiger partial charge < -0.3 is 10.5 Å². The highest BCUT2D eigenvalue weighted by molar-refractivity contribution is 5.32. The smallest absolute Gasteiger partial charge is 0.138 e. The van der Waals surface area contributed by atoms with Crippen molar-refractivity contribution in [2.24, 2.45) is 17.8 Å². The third kappa shape index (κ3) is 1.68. The molecule has 5 rings (SSSR count). The van der Waals surface area contributed by atoms with Gasteiger partial charge in [0.1, 0.15) is 17.2 Å². The van der Waals surface area contributed by atoms with Crippen LogP contribution in [0, 0.1) is 17.8 Å². The van der Waals surface area contributed by atoms with Crippen molar-refractivity contribution in [1.29, 1.82) is 0 Å². The van der Waals surface area contributed by atoms with Gasteiger partial charge in [-0.3, -0.25) is 0 Å². The minimum Gasteiger partial charge on any atom is -0.486 e. The summed E-state index contributed by atoms with van der Waals surface area (Å²) in [4.78, 5) is 4.13. The minimum absolute atomic E-state index is 0.118. The number of nitrogens with zero attached hydrogens (tertiary/aromatic N) is 1. The number of nitrogens with two attached hydrogens (primary N) is 1. The van der Waals surface area contributed by atoms with E-state index in [4.69, 9.17) is 10.5 Å². The molecule has 1 aromatic rings. The van der Waals surface area contributed by atoms with Gasteiger partial charge in [0.2, 0.25) is 0 Å². The summed E-state index contributed by atoms with van der Waals surface area (Å²) in [5.41, 5.74) is 5.74. The van der Waals surface area contributed by atoms with Crippen LogP contribution in [-0.4, -0.2) is 10.6 Å². The number of hydrogen-bond acceptors (Lipinski definition) is 3. The molecule has 18 heavy (non-hydrogen) atoms. The van der Waals surface area contributed by atoms with E-state index in [-0.39, 0.29) is 5.60 Å². The molecule has 0 atom stereocenters. The molecule has 4 aliphatic carbocycles. The van der Waals surface area contributed by atoms with E-state index in [2.05, 4.69) is 4.98 Å². The van der Waals surface area contributed by atoms with Crippen LogP contribution >= 0.6 is 0 Å². The zero-order valence-corrected chi connectivity index (χ0v) is 10.6. The van der Waals surface area contributed by atoms with Crippen LogP contribution in [0.1, 0.15) is 38.5 Å². The van der Waals surface area contributed by atoms with Gasteiger partial charge >= 0.3 is 0 Å². The maximum atomic E-state index is 6.35. The molecule has 0 spiro atoms. The third-order valence-corrected chi connectivity index (χ3v) is 5.08. The first-order chi connectivity index (χ1) is 8.71. The van der Waals surface area contributed by atoms with E-state index < -0.39 is 0 Å². The topological polar surface area (TPSA) is 48.1 Å². The Bertz CT molecular complexity index is 419. The average Bonchev–Trinajstić information content (AvgIpc) is 2.30. The molecular weight excluding hydrogens is 224 g/mol. The van der Waals surface area contributed by atoms with Gasteiger partial charge in [-0.05, 0) is 68.4 Å². The van der Waals surface area contributed by atoms with Crippen molar-refractivity contribution in [2.75, 3.05) is 5.73 Å². The molecule has 0 saturated heterocycles. The Kier molecular flexibility index (Phi) is 2.14. The summed E-state index contributed by atoms with van der Waals surface area (Å²) in [6.07, 6.45) is 9.87. The molecule has 0 radical (unpaired) electrons. The Labute approximate surface area is 108 Å². The zero-order chi connectivity index (χ0) is 12.2. The molecule has 4 saturated carbocycles. The molecule has 2 N–H and O–H groups in total. The van der Waals surface area contributed by atoms with Crippen molar-refractivity contribution in [1.82, 2.24) is 4.98 Å². The Balaban J connectivity index is 1.58. The maximum Gasteiger partial charge on any atom is 0.138 e. The van der Waals surface area contributed by atoms with Gasteiger partial charge in [0.15, 0.2) is 0 Å².